The number of carboxylic acids is 1. The van der Waals surface area contributed by atoms with Crippen LogP contribution in [0.15, 0.2) is 24.3 Å². The molecule has 5 heteroatoms. The Morgan fingerprint density at radius 3 is 2.57 bits per heavy atom. The highest BCUT2D eigenvalue weighted by Gasteiger charge is 2.16. The zero-order valence-corrected chi connectivity index (χ0v) is 13.0. The highest BCUT2D eigenvalue weighted by molar-refractivity contribution is 7.16. The minimum atomic E-state index is -1.03. The van der Waals surface area contributed by atoms with Crippen molar-refractivity contribution in [1.29, 1.82) is 0 Å². The number of carbonyl (C=O) groups excluding carboxylic acids is 1. The van der Waals surface area contributed by atoms with Crippen molar-refractivity contribution in [1.82, 2.24) is 0 Å². The number of carbonyl (C=O) groups is 2. The van der Waals surface area contributed by atoms with E-state index in [0.29, 0.717) is 5.00 Å². The van der Waals surface area contributed by atoms with Gasteiger partial charge in [-0.15, -0.1) is 11.3 Å². The Kier molecular flexibility index (Phi) is 4.43. The summed E-state index contributed by atoms with van der Waals surface area (Å²) in [5.74, 6) is -1.23. The number of nitrogens with one attached hydrogen (secondary N) is 1. The van der Waals surface area contributed by atoms with Crippen molar-refractivity contribution in [3.05, 3.63) is 51.4 Å². The quantitative estimate of drug-likeness (QED) is 0.907. The molecule has 0 aliphatic rings. The third-order valence-electron chi connectivity index (χ3n) is 3.19. The van der Waals surface area contributed by atoms with Gasteiger partial charge < -0.3 is 10.4 Å². The zero-order valence-electron chi connectivity index (χ0n) is 12.2. The maximum atomic E-state index is 12.1. The molecule has 1 amide bonds. The van der Waals surface area contributed by atoms with E-state index in [9.17, 15) is 9.59 Å². The van der Waals surface area contributed by atoms with Gasteiger partial charge in [-0.25, -0.2) is 4.79 Å². The van der Waals surface area contributed by atoms with E-state index in [4.69, 9.17) is 5.11 Å². The van der Waals surface area contributed by atoms with Gasteiger partial charge in [-0.3, -0.25) is 4.79 Å². The molecule has 0 spiro atoms. The number of rotatable bonds is 4. The van der Waals surface area contributed by atoms with Crippen LogP contribution in [-0.4, -0.2) is 17.0 Å². The number of thiophene rings is 1. The second-order valence-corrected chi connectivity index (χ2v) is 6.32. The van der Waals surface area contributed by atoms with E-state index >= 15 is 0 Å². The molecule has 1 aromatic heterocycles. The molecule has 0 fully saturated rings. The van der Waals surface area contributed by atoms with E-state index in [-0.39, 0.29) is 17.9 Å². The molecule has 0 bridgehead atoms. The van der Waals surface area contributed by atoms with Crippen molar-refractivity contribution in [3.8, 4) is 0 Å². The predicted molar refractivity (Wildman–Crippen MR) is 84.3 cm³/mol. The molecule has 0 radical (unpaired) electrons. The standard InChI is InChI=1S/C16H17NO3S/c1-9-4-5-10(2)12(6-9)8-14(18)17-15-13(16(19)20)7-11(3)21-15/h4-7H,8H2,1-3H3,(H,17,18)(H,19,20). The maximum absolute atomic E-state index is 12.1. The highest BCUT2D eigenvalue weighted by Crippen LogP contribution is 2.27. The van der Waals surface area contributed by atoms with Crippen LogP contribution in [0.2, 0.25) is 0 Å². The topological polar surface area (TPSA) is 66.4 Å². The van der Waals surface area contributed by atoms with Gasteiger partial charge in [-0.05, 0) is 38.0 Å². The molecule has 4 nitrogen and oxygen atoms in total. The van der Waals surface area contributed by atoms with Crippen LogP contribution in [0.5, 0.6) is 0 Å². The Balaban J connectivity index is 2.15. The van der Waals surface area contributed by atoms with Gasteiger partial charge in [0.15, 0.2) is 0 Å². The summed E-state index contributed by atoms with van der Waals surface area (Å²) in [4.78, 5) is 24.1. The van der Waals surface area contributed by atoms with Crippen LogP contribution in [0, 0.1) is 20.8 Å². The molecular formula is C16H17NO3S. The van der Waals surface area contributed by atoms with Crippen molar-refractivity contribution >= 4 is 28.2 Å². The summed E-state index contributed by atoms with van der Waals surface area (Å²) in [6.07, 6.45) is 0.240. The fraction of sp³-hybridized carbons (Fsp3) is 0.250. The van der Waals surface area contributed by atoms with Crippen LogP contribution in [0.1, 0.15) is 31.9 Å². The maximum Gasteiger partial charge on any atom is 0.338 e. The SMILES string of the molecule is Cc1ccc(C)c(CC(=O)Nc2sc(C)cc2C(=O)O)c1. The van der Waals surface area contributed by atoms with Gasteiger partial charge in [0.25, 0.3) is 0 Å². The third-order valence-corrected chi connectivity index (χ3v) is 4.16. The minimum Gasteiger partial charge on any atom is -0.478 e. The van der Waals surface area contributed by atoms with Crippen molar-refractivity contribution in [3.63, 3.8) is 0 Å². The number of carboxylic acid groups (broad SMARTS) is 1. The van der Waals surface area contributed by atoms with Crippen molar-refractivity contribution in [2.75, 3.05) is 5.32 Å². The smallest absolute Gasteiger partial charge is 0.338 e. The molecule has 1 heterocycles. The number of aromatic carboxylic acids is 1. The Hall–Kier alpha value is -2.14. The molecule has 0 unspecified atom stereocenters. The summed E-state index contributed by atoms with van der Waals surface area (Å²) in [5, 5.41) is 12.2. The summed E-state index contributed by atoms with van der Waals surface area (Å²) in [7, 11) is 0. The number of benzene rings is 1. The van der Waals surface area contributed by atoms with Gasteiger partial charge in [0, 0.05) is 4.88 Å². The van der Waals surface area contributed by atoms with Crippen LogP contribution < -0.4 is 5.32 Å². The van der Waals surface area contributed by atoms with Crippen molar-refractivity contribution in [2.24, 2.45) is 0 Å². The molecule has 0 aliphatic carbocycles. The van der Waals surface area contributed by atoms with Gasteiger partial charge in [-0.1, -0.05) is 23.8 Å². The normalized spacial score (nSPS) is 10.4. The summed E-state index contributed by atoms with van der Waals surface area (Å²) in [5.41, 5.74) is 3.25. The van der Waals surface area contributed by atoms with Crippen LogP contribution in [-0.2, 0) is 11.2 Å². The molecule has 0 aliphatic heterocycles. The Morgan fingerprint density at radius 1 is 1.19 bits per heavy atom. The Labute approximate surface area is 127 Å². The fourth-order valence-corrected chi connectivity index (χ4v) is 3.02. The van der Waals surface area contributed by atoms with Crippen LogP contribution in [0.25, 0.3) is 0 Å². The summed E-state index contributed by atoms with van der Waals surface area (Å²) in [6, 6.07) is 7.53. The van der Waals surface area contributed by atoms with Crippen molar-refractivity contribution < 1.29 is 14.7 Å². The number of anilines is 1. The average molecular weight is 303 g/mol. The molecular weight excluding hydrogens is 286 g/mol. The first kappa shape index (κ1) is 15.3. The lowest BCUT2D eigenvalue weighted by Crippen LogP contribution is -2.16. The fourth-order valence-electron chi connectivity index (χ4n) is 2.10. The van der Waals surface area contributed by atoms with Gasteiger partial charge in [0.2, 0.25) is 5.91 Å². The molecule has 1 aromatic carbocycles. The molecule has 2 rings (SSSR count). The lowest BCUT2D eigenvalue weighted by molar-refractivity contribution is -0.115. The molecule has 0 saturated carbocycles. The highest BCUT2D eigenvalue weighted by atomic mass is 32.1. The molecule has 0 atom stereocenters. The van der Waals surface area contributed by atoms with Crippen molar-refractivity contribution in [2.45, 2.75) is 27.2 Å². The molecule has 2 N–H and O–H groups in total. The lowest BCUT2D eigenvalue weighted by Gasteiger charge is -2.08. The minimum absolute atomic E-state index is 0.145. The van der Waals surface area contributed by atoms with E-state index in [1.165, 1.54) is 11.3 Å². The van der Waals surface area contributed by atoms with Gasteiger partial charge in [0.1, 0.15) is 5.00 Å². The first-order valence-corrected chi connectivity index (χ1v) is 7.38. The van der Waals surface area contributed by atoms with Crippen LogP contribution in [0.3, 0.4) is 0 Å². The second-order valence-electron chi connectivity index (χ2n) is 5.06. The lowest BCUT2D eigenvalue weighted by atomic mass is 10.0. The zero-order chi connectivity index (χ0) is 15.6. The van der Waals surface area contributed by atoms with Gasteiger partial charge in [-0.2, -0.15) is 0 Å². The molecule has 110 valence electrons. The first-order chi connectivity index (χ1) is 9.86. The average Bonchev–Trinajstić information content (AvgIpc) is 2.75. The number of hydrogen-bond acceptors (Lipinski definition) is 3. The monoisotopic (exact) mass is 303 g/mol. The number of aryl methyl sites for hydroxylation is 3. The van der Waals surface area contributed by atoms with E-state index in [0.717, 1.165) is 21.6 Å². The first-order valence-electron chi connectivity index (χ1n) is 6.56. The third kappa shape index (κ3) is 3.70. The van der Waals surface area contributed by atoms with E-state index in [1.54, 1.807) is 6.07 Å². The van der Waals surface area contributed by atoms with E-state index in [1.807, 2.05) is 39.0 Å². The molecule has 2 aromatic rings. The largest absolute Gasteiger partial charge is 0.478 e. The summed E-state index contributed by atoms with van der Waals surface area (Å²) in [6.45, 7) is 5.75. The van der Waals surface area contributed by atoms with E-state index < -0.39 is 5.97 Å². The predicted octanol–water partition coefficient (Wildman–Crippen LogP) is 3.55. The summed E-state index contributed by atoms with van der Waals surface area (Å²) < 4.78 is 0. The molecule has 0 saturated heterocycles. The van der Waals surface area contributed by atoms with Crippen LogP contribution in [0.4, 0.5) is 5.00 Å². The van der Waals surface area contributed by atoms with Gasteiger partial charge >= 0.3 is 5.97 Å². The molecule has 21 heavy (non-hydrogen) atoms. The Morgan fingerprint density at radius 2 is 1.90 bits per heavy atom. The Bertz CT molecular complexity index is 704. The number of hydrogen-bond donors (Lipinski definition) is 2. The second kappa shape index (κ2) is 6.10. The number of amides is 1. The van der Waals surface area contributed by atoms with E-state index in [2.05, 4.69) is 5.32 Å². The van der Waals surface area contributed by atoms with Gasteiger partial charge in [0.05, 0.1) is 12.0 Å². The van der Waals surface area contributed by atoms with Crippen LogP contribution >= 0.6 is 11.3 Å². The summed E-state index contributed by atoms with van der Waals surface area (Å²) >= 11 is 1.28.